The second-order valence-corrected chi connectivity index (χ2v) is 6.57. The maximum atomic E-state index is 11.5. The van der Waals surface area contributed by atoms with Crippen molar-refractivity contribution in [2.24, 2.45) is 5.73 Å². The van der Waals surface area contributed by atoms with Crippen molar-refractivity contribution in [3.8, 4) is 0 Å². The van der Waals surface area contributed by atoms with Crippen LogP contribution < -0.4 is 16.4 Å². The second-order valence-electron chi connectivity index (χ2n) is 5.30. The Morgan fingerprint density at radius 1 is 1.26 bits per heavy atom. The van der Waals surface area contributed by atoms with Crippen molar-refractivity contribution in [2.75, 3.05) is 12.3 Å². The van der Waals surface area contributed by atoms with Gasteiger partial charge in [0.05, 0.1) is 12.1 Å². The fourth-order valence-corrected chi connectivity index (χ4v) is 4.28. The van der Waals surface area contributed by atoms with Crippen LogP contribution in [0.25, 0.3) is 0 Å². The van der Waals surface area contributed by atoms with Crippen LogP contribution in [0.2, 0.25) is 0 Å². The Hall–Kier alpha value is -0.750. The average Bonchev–Trinajstić information content (AvgIpc) is 2.92. The number of nitrogens with one attached hydrogen (secondary N) is 2. The molecule has 0 bridgehead atoms. The molecular weight excluding hydrogens is 262 g/mol. The predicted octanol–water partition coefficient (Wildman–Crippen LogP) is 1.02. The first kappa shape index (κ1) is 14.7. The Balaban J connectivity index is 1.59. The molecule has 2 aliphatic heterocycles. The van der Waals surface area contributed by atoms with Crippen LogP contribution in [0.5, 0.6) is 0 Å². The molecule has 2 rings (SSSR count). The van der Waals surface area contributed by atoms with Crippen LogP contribution >= 0.6 is 11.8 Å². The second kappa shape index (κ2) is 7.14. The van der Waals surface area contributed by atoms with Crippen molar-refractivity contribution >= 4 is 23.6 Å². The highest BCUT2D eigenvalue weighted by Crippen LogP contribution is 2.33. The number of carbonyl (C=O) groups is 2. The Morgan fingerprint density at radius 3 is 2.84 bits per heavy atom. The molecule has 3 unspecified atom stereocenters. The summed E-state index contributed by atoms with van der Waals surface area (Å²) in [6.07, 6.45) is 5.20. The lowest BCUT2D eigenvalue weighted by molar-refractivity contribution is -0.119. The van der Waals surface area contributed by atoms with E-state index in [-0.39, 0.29) is 12.1 Å². The molecular formula is C13H23N3O2S. The number of thioether (sulfide) groups is 1. The fraction of sp³-hybridized carbons (Fsp3) is 0.846. The van der Waals surface area contributed by atoms with Crippen molar-refractivity contribution in [2.45, 2.75) is 55.9 Å². The molecule has 2 heterocycles. The van der Waals surface area contributed by atoms with Gasteiger partial charge < -0.3 is 16.4 Å². The summed E-state index contributed by atoms with van der Waals surface area (Å²) in [6.45, 7) is 0.597. The maximum Gasteiger partial charge on any atom is 0.315 e. The Bertz CT molecular complexity index is 338. The highest BCUT2D eigenvalue weighted by molar-refractivity contribution is 8.00. The van der Waals surface area contributed by atoms with Crippen molar-refractivity contribution in [3.63, 3.8) is 0 Å². The average molecular weight is 285 g/mol. The standard InChI is InChI=1S/C13H23N3O2S/c14-7-3-5-9(17)4-1-2-6-11-12-10(8-19-11)15-13(18)16-12/h10-12H,1-8,14H2,(H2,15,16,18). The minimum atomic E-state index is -0.0303. The molecule has 4 N–H and O–H groups in total. The SMILES string of the molecule is NCCCC(=O)CCCCC1SCC2NC(=O)NC21. The van der Waals surface area contributed by atoms with E-state index in [0.29, 0.717) is 36.5 Å². The van der Waals surface area contributed by atoms with Gasteiger partial charge in [-0.05, 0) is 25.8 Å². The molecule has 0 aromatic heterocycles. The number of ketones is 1. The highest BCUT2D eigenvalue weighted by atomic mass is 32.2. The quantitative estimate of drug-likeness (QED) is 0.459. The first-order valence-electron chi connectivity index (χ1n) is 7.11. The minimum Gasteiger partial charge on any atom is -0.332 e. The summed E-state index contributed by atoms with van der Waals surface area (Å²) in [4.78, 5) is 22.7. The number of hydrogen-bond acceptors (Lipinski definition) is 4. The lowest BCUT2D eigenvalue weighted by Gasteiger charge is -2.16. The largest absolute Gasteiger partial charge is 0.332 e. The van der Waals surface area contributed by atoms with Gasteiger partial charge in [0, 0.05) is 23.8 Å². The van der Waals surface area contributed by atoms with E-state index in [2.05, 4.69) is 10.6 Å². The number of hydrogen-bond donors (Lipinski definition) is 3. The summed E-state index contributed by atoms with van der Waals surface area (Å²) in [7, 11) is 0. The van der Waals surface area contributed by atoms with E-state index in [1.807, 2.05) is 11.8 Å². The molecule has 0 radical (unpaired) electrons. The molecule has 0 aliphatic carbocycles. The Morgan fingerprint density at radius 2 is 2.05 bits per heavy atom. The molecule has 108 valence electrons. The smallest absolute Gasteiger partial charge is 0.315 e. The first-order chi connectivity index (χ1) is 9.20. The van der Waals surface area contributed by atoms with Gasteiger partial charge in [-0.25, -0.2) is 4.79 Å². The number of urea groups is 1. The molecule has 0 aromatic carbocycles. The number of Topliss-reactive ketones (excluding diaryl/α,β-unsaturated/α-hetero) is 1. The molecule has 0 spiro atoms. The van der Waals surface area contributed by atoms with E-state index in [0.717, 1.165) is 31.4 Å². The van der Waals surface area contributed by atoms with Gasteiger partial charge in [-0.3, -0.25) is 4.79 Å². The minimum absolute atomic E-state index is 0.0303. The van der Waals surface area contributed by atoms with Crippen LogP contribution in [0.3, 0.4) is 0 Å². The van der Waals surface area contributed by atoms with Crippen molar-refractivity contribution in [3.05, 3.63) is 0 Å². The molecule has 0 aromatic rings. The molecule has 2 fully saturated rings. The first-order valence-corrected chi connectivity index (χ1v) is 8.16. The van der Waals surface area contributed by atoms with E-state index in [9.17, 15) is 9.59 Å². The van der Waals surface area contributed by atoms with Crippen molar-refractivity contribution in [1.29, 1.82) is 0 Å². The number of carbonyl (C=O) groups excluding carboxylic acids is 2. The molecule has 3 atom stereocenters. The number of nitrogens with two attached hydrogens (primary N) is 1. The number of unbranched alkanes of at least 4 members (excludes halogenated alkanes) is 1. The summed E-state index contributed by atoms with van der Waals surface area (Å²) in [5.74, 6) is 1.34. The normalized spacial score (nSPS) is 28.9. The van der Waals surface area contributed by atoms with E-state index < -0.39 is 0 Å². The van der Waals surface area contributed by atoms with E-state index >= 15 is 0 Å². The van der Waals surface area contributed by atoms with Gasteiger partial charge in [0.25, 0.3) is 0 Å². The molecule has 19 heavy (non-hydrogen) atoms. The maximum absolute atomic E-state index is 11.5. The third-order valence-electron chi connectivity index (χ3n) is 3.79. The lowest BCUT2D eigenvalue weighted by Crippen LogP contribution is -2.36. The van der Waals surface area contributed by atoms with Gasteiger partial charge in [-0.15, -0.1) is 0 Å². The van der Waals surface area contributed by atoms with Crippen LogP contribution in [0.15, 0.2) is 0 Å². The number of amides is 2. The predicted molar refractivity (Wildman–Crippen MR) is 77.3 cm³/mol. The fourth-order valence-electron chi connectivity index (χ4n) is 2.73. The van der Waals surface area contributed by atoms with Crippen LogP contribution in [-0.4, -0.2) is 41.4 Å². The zero-order chi connectivity index (χ0) is 13.7. The molecule has 6 heteroatoms. The monoisotopic (exact) mass is 285 g/mol. The Kier molecular flexibility index (Phi) is 5.51. The zero-order valence-corrected chi connectivity index (χ0v) is 12.0. The molecule has 2 saturated heterocycles. The summed E-state index contributed by atoms with van der Waals surface area (Å²) in [5.41, 5.74) is 5.38. The number of rotatable bonds is 8. The summed E-state index contributed by atoms with van der Waals surface area (Å²) in [5, 5.41) is 6.44. The Labute approximate surface area is 118 Å². The van der Waals surface area contributed by atoms with E-state index in [4.69, 9.17) is 5.73 Å². The summed E-state index contributed by atoms with van der Waals surface area (Å²) < 4.78 is 0. The topological polar surface area (TPSA) is 84.2 Å². The zero-order valence-electron chi connectivity index (χ0n) is 11.2. The molecule has 5 nitrogen and oxygen atoms in total. The molecule has 0 saturated carbocycles. The molecule has 2 amide bonds. The van der Waals surface area contributed by atoms with Crippen molar-refractivity contribution < 1.29 is 9.59 Å². The van der Waals surface area contributed by atoms with Gasteiger partial charge >= 0.3 is 6.03 Å². The number of fused-ring (bicyclic) bond motifs is 1. The van der Waals surface area contributed by atoms with Crippen molar-refractivity contribution in [1.82, 2.24) is 10.6 Å². The van der Waals surface area contributed by atoms with Gasteiger partial charge in [0.1, 0.15) is 5.78 Å². The van der Waals surface area contributed by atoms with E-state index in [1.165, 1.54) is 0 Å². The summed E-state index contributed by atoms with van der Waals surface area (Å²) in [6, 6.07) is 0.552. The van der Waals surface area contributed by atoms with Crippen LogP contribution in [-0.2, 0) is 4.79 Å². The van der Waals surface area contributed by atoms with Gasteiger partial charge in [-0.1, -0.05) is 6.42 Å². The molecule has 2 aliphatic rings. The van der Waals surface area contributed by atoms with Gasteiger partial charge in [0.15, 0.2) is 0 Å². The lowest BCUT2D eigenvalue weighted by atomic mass is 10.0. The van der Waals surface area contributed by atoms with Gasteiger partial charge in [-0.2, -0.15) is 11.8 Å². The van der Waals surface area contributed by atoms with Crippen LogP contribution in [0.1, 0.15) is 38.5 Å². The highest BCUT2D eigenvalue weighted by Gasteiger charge is 2.42. The third-order valence-corrected chi connectivity index (χ3v) is 5.30. The van der Waals surface area contributed by atoms with Crippen LogP contribution in [0.4, 0.5) is 4.79 Å². The third kappa shape index (κ3) is 4.11. The van der Waals surface area contributed by atoms with E-state index in [1.54, 1.807) is 0 Å². The van der Waals surface area contributed by atoms with Gasteiger partial charge in [0.2, 0.25) is 0 Å². The van der Waals surface area contributed by atoms with Crippen LogP contribution in [0, 0.1) is 0 Å². The summed E-state index contributed by atoms with van der Waals surface area (Å²) >= 11 is 1.93.